The number of anilines is 2. The lowest BCUT2D eigenvalue weighted by molar-refractivity contribution is 0.277. The highest BCUT2D eigenvalue weighted by Crippen LogP contribution is 2.21. The lowest BCUT2D eigenvalue weighted by Crippen LogP contribution is -1.89. The van der Waals surface area contributed by atoms with Crippen molar-refractivity contribution in [2.75, 3.05) is 61.2 Å². The maximum Gasteiger partial charge on any atom is 0.149 e. The van der Waals surface area contributed by atoms with Crippen LogP contribution in [0.3, 0.4) is 0 Å². The Balaban J connectivity index is -0.000000225. The maximum atomic E-state index is 12.6. The molecule has 0 atom stereocenters. The van der Waals surface area contributed by atoms with Crippen molar-refractivity contribution < 1.29 is 33.2 Å². The third-order valence-corrected chi connectivity index (χ3v) is 5.18. The fourth-order valence-corrected chi connectivity index (χ4v) is 2.49. The average Bonchev–Trinajstić information content (AvgIpc) is 3.01. The van der Waals surface area contributed by atoms with Crippen LogP contribution in [0.25, 0.3) is 0 Å². The molecule has 0 unspecified atom stereocenters. The molecule has 0 heterocycles. The number of methoxy groups -OCH3 is 3. The lowest BCUT2D eigenvalue weighted by Gasteiger charge is -1.97. The Morgan fingerprint density at radius 1 is 0.489 bits per heavy atom. The fourth-order valence-electron chi connectivity index (χ4n) is 2.49. The third kappa shape index (κ3) is 27.3. The summed E-state index contributed by atoms with van der Waals surface area (Å²) in [6.45, 7) is 9.92. The summed E-state index contributed by atoms with van der Waals surface area (Å²) in [6, 6.07) is 25.2. The van der Waals surface area contributed by atoms with E-state index in [1.807, 2.05) is 44.2 Å². The summed E-state index contributed by atoms with van der Waals surface area (Å²) in [6.07, 6.45) is 0. The Morgan fingerprint density at radius 2 is 0.822 bits per heavy atom. The summed E-state index contributed by atoms with van der Waals surface area (Å²) in [5.74, 6) is -0.917. The van der Waals surface area contributed by atoms with Gasteiger partial charge in [0.15, 0.2) is 0 Å². The first-order valence-electron chi connectivity index (χ1n) is 13.7. The quantitative estimate of drug-likeness (QED) is 0.115. The summed E-state index contributed by atoms with van der Waals surface area (Å²) in [5.41, 5.74) is 16.9. The van der Waals surface area contributed by atoms with E-state index in [0.29, 0.717) is 0 Å². The minimum atomic E-state index is -0.588. The van der Waals surface area contributed by atoms with Crippen LogP contribution in [0, 0.1) is 46.3 Å². The molecule has 0 radical (unpaired) electrons. The largest absolute Gasteiger partial charge is 0.506 e. The van der Waals surface area contributed by atoms with Crippen molar-refractivity contribution in [2.24, 2.45) is 0 Å². The second-order valence-corrected chi connectivity index (χ2v) is 9.02. The molecule has 4 aromatic carbocycles. The van der Waals surface area contributed by atoms with Gasteiger partial charge in [0.1, 0.15) is 23.1 Å². The summed E-state index contributed by atoms with van der Waals surface area (Å²) in [4.78, 5) is 0. The van der Waals surface area contributed by atoms with E-state index in [2.05, 4.69) is 52.3 Å². The summed E-state index contributed by atoms with van der Waals surface area (Å²) >= 11 is 0. The average molecular weight is 635 g/mol. The van der Waals surface area contributed by atoms with E-state index in [-0.39, 0.29) is 17.3 Å². The number of hydrogen-bond acceptors (Lipinski definition) is 7. The number of aliphatic hydroxyl groups is 1. The van der Waals surface area contributed by atoms with Gasteiger partial charge in [0.25, 0.3) is 0 Å². The predicted molar refractivity (Wildman–Crippen MR) is 187 cm³/mol. The van der Waals surface area contributed by atoms with Crippen LogP contribution in [0.2, 0.25) is 0 Å². The number of rotatable bonds is 0. The van der Waals surface area contributed by atoms with Crippen LogP contribution in [0.1, 0.15) is 27.8 Å². The molecule has 7 nitrogen and oxygen atoms in total. The molecular formula is C36H56F2N2O5. The van der Waals surface area contributed by atoms with Gasteiger partial charge < -0.3 is 35.9 Å². The first-order chi connectivity index (χ1) is 21.3. The maximum absolute atomic E-state index is 12.6. The molecule has 9 heteroatoms. The second kappa shape index (κ2) is 32.9. The molecule has 0 bridgehead atoms. The first-order valence-corrected chi connectivity index (χ1v) is 13.7. The van der Waals surface area contributed by atoms with Gasteiger partial charge in [-0.3, -0.25) is 0 Å². The standard InChI is InChI=1S/C8H9F.C8H10.C7H9N.C6H6FNO.3C2H6O.CH4O/c1-6-4-3-5-8(9)7(6)2;1-7-5-3-4-6-8(7)2;1-6-4-2-3-5-7(6)8;7-4-2-1-3-5(9)6(4)8;3*1-3-2;1-2/h3-5H,1-2H3;3-6H,1-2H3;2-5H,8H2,1H3;1-3,9H,8H2;3*1-2H3;2H,1H3. The lowest BCUT2D eigenvalue weighted by atomic mass is 10.1. The Kier molecular flexibility index (Phi) is 35.0. The van der Waals surface area contributed by atoms with Crippen molar-refractivity contribution in [1.82, 2.24) is 0 Å². The molecule has 0 aliphatic heterocycles. The monoisotopic (exact) mass is 634 g/mol. The zero-order valence-corrected chi connectivity index (χ0v) is 29.1. The van der Waals surface area contributed by atoms with Gasteiger partial charge in [-0.05, 0) is 86.7 Å². The zero-order chi connectivity index (χ0) is 35.8. The minimum absolute atomic E-state index is 0.116. The molecule has 4 rings (SSSR count). The number of para-hydroxylation sites is 2. The van der Waals surface area contributed by atoms with Gasteiger partial charge in [-0.25, -0.2) is 8.78 Å². The van der Waals surface area contributed by atoms with Crippen LogP contribution >= 0.6 is 0 Å². The van der Waals surface area contributed by atoms with Gasteiger partial charge in [0, 0.05) is 55.5 Å². The van der Waals surface area contributed by atoms with Gasteiger partial charge in [0.05, 0.1) is 0 Å². The van der Waals surface area contributed by atoms with Gasteiger partial charge in [-0.2, -0.15) is 0 Å². The van der Waals surface area contributed by atoms with E-state index in [9.17, 15) is 8.78 Å². The molecule has 45 heavy (non-hydrogen) atoms. The van der Waals surface area contributed by atoms with Crippen molar-refractivity contribution in [3.8, 4) is 5.75 Å². The van der Waals surface area contributed by atoms with Gasteiger partial charge in [0.2, 0.25) is 0 Å². The van der Waals surface area contributed by atoms with E-state index in [0.717, 1.165) is 29.5 Å². The fraction of sp³-hybridized carbons (Fsp3) is 0.333. The van der Waals surface area contributed by atoms with Crippen molar-refractivity contribution in [1.29, 1.82) is 0 Å². The smallest absolute Gasteiger partial charge is 0.149 e. The van der Waals surface area contributed by atoms with Crippen LogP contribution in [-0.2, 0) is 14.2 Å². The van der Waals surface area contributed by atoms with E-state index < -0.39 is 5.82 Å². The summed E-state index contributed by atoms with van der Waals surface area (Å²) in [7, 11) is 10.8. The predicted octanol–water partition coefficient (Wildman–Crippen LogP) is 7.83. The molecule has 4 aromatic rings. The van der Waals surface area contributed by atoms with Crippen LogP contribution in [0.15, 0.2) is 84.9 Å². The second-order valence-electron chi connectivity index (χ2n) is 9.02. The summed E-state index contributed by atoms with van der Waals surface area (Å²) < 4.78 is 37.6. The van der Waals surface area contributed by atoms with Crippen LogP contribution in [0.5, 0.6) is 5.75 Å². The Hall–Kier alpha value is -4.02. The first kappa shape index (κ1) is 47.9. The van der Waals surface area contributed by atoms with Crippen molar-refractivity contribution in [3.05, 3.63) is 124 Å². The Morgan fingerprint density at radius 3 is 1.09 bits per heavy atom. The SMILES string of the molecule is CO.COC.COC.COC.Cc1cccc(F)c1C.Cc1ccccc1C.Cc1ccccc1N.Nc1c(O)cccc1F. The molecule has 0 aliphatic carbocycles. The molecule has 0 amide bonds. The van der Waals surface area contributed by atoms with Crippen molar-refractivity contribution >= 4 is 11.4 Å². The number of benzene rings is 4. The molecule has 0 saturated heterocycles. The molecular weight excluding hydrogens is 578 g/mol. The Labute approximate surface area is 270 Å². The molecule has 254 valence electrons. The van der Waals surface area contributed by atoms with E-state index in [1.165, 1.54) is 35.4 Å². The number of aryl methyl sites for hydroxylation is 4. The van der Waals surface area contributed by atoms with E-state index in [4.69, 9.17) is 21.7 Å². The Bertz CT molecular complexity index is 1060. The molecule has 6 N–H and O–H groups in total. The highest BCUT2D eigenvalue weighted by molar-refractivity contribution is 5.52. The molecule has 0 aromatic heterocycles. The topological polar surface area (TPSA) is 120 Å². The van der Waals surface area contributed by atoms with Gasteiger partial charge in [-0.15, -0.1) is 0 Å². The number of phenolic OH excluding ortho intramolecular Hbond substituents is 1. The third-order valence-electron chi connectivity index (χ3n) is 5.18. The number of ether oxygens (including phenoxy) is 3. The summed E-state index contributed by atoms with van der Waals surface area (Å²) in [5, 5.41) is 15.7. The van der Waals surface area contributed by atoms with E-state index in [1.54, 1.807) is 55.6 Å². The number of hydrogen-bond donors (Lipinski definition) is 4. The van der Waals surface area contributed by atoms with Crippen LogP contribution in [0.4, 0.5) is 20.2 Å². The normalized spacial score (nSPS) is 8.42. The highest BCUT2D eigenvalue weighted by Gasteiger charge is 1.99. The molecule has 0 spiro atoms. The number of phenols is 1. The van der Waals surface area contributed by atoms with Gasteiger partial charge >= 0.3 is 0 Å². The minimum Gasteiger partial charge on any atom is -0.506 e. The number of aromatic hydroxyl groups is 1. The number of nitrogens with two attached hydrogens (primary N) is 2. The van der Waals surface area contributed by atoms with Crippen LogP contribution in [-0.4, -0.2) is 60.0 Å². The van der Waals surface area contributed by atoms with Gasteiger partial charge in [-0.1, -0.05) is 60.7 Å². The number of aliphatic hydroxyl groups excluding tert-OH is 1. The molecule has 0 fully saturated rings. The number of nitrogen functional groups attached to an aromatic ring is 2. The van der Waals surface area contributed by atoms with Crippen LogP contribution < -0.4 is 11.5 Å². The zero-order valence-electron chi connectivity index (χ0n) is 29.1. The van der Waals surface area contributed by atoms with Crippen molar-refractivity contribution in [3.63, 3.8) is 0 Å². The van der Waals surface area contributed by atoms with Crippen molar-refractivity contribution in [2.45, 2.75) is 34.6 Å². The van der Waals surface area contributed by atoms with E-state index >= 15 is 0 Å². The molecule has 0 saturated carbocycles. The molecule has 0 aliphatic rings. The highest BCUT2D eigenvalue weighted by atomic mass is 19.1. The number of halogens is 2.